The summed E-state index contributed by atoms with van der Waals surface area (Å²) >= 11 is 0. The lowest BCUT2D eigenvalue weighted by atomic mass is 9.78. The Balaban J connectivity index is 1.74. The van der Waals surface area contributed by atoms with E-state index in [4.69, 9.17) is 20.3 Å². The van der Waals surface area contributed by atoms with Crippen molar-refractivity contribution in [3.63, 3.8) is 0 Å². The fourth-order valence-electron chi connectivity index (χ4n) is 5.14. The molecule has 4 aromatic rings. The van der Waals surface area contributed by atoms with Gasteiger partial charge in [0.25, 0.3) is 0 Å². The van der Waals surface area contributed by atoms with Gasteiger partial charge in [-0.2, -0.15) is 0 Å². The van der Waals surface area contributed by atoms with E-state index in [0.717, 1.165) is 64.0 Å². The molecule has 0 aliphatic heterocycles. The fourth-order valence-corrected chi connectivity index (χ4v) is 5.14. The Morgan fingerprint density at radius 1 is 0.581 bits per heavy atom. The molecule has 0 aliphatic rings. The summed E-state index contributed by atoms with van der Waals surface area (Å²) in [6.45, 7) is 3.64. The molecule has 0 saturated carbocycles. The maximum absolute atomic E-state index is 11.6. The Bertz CT molecular complexity index is 1400. The van der Waals surface area contributed by atoms with Crippen LogP contribution in [0.2, 0.25) is 0 Å². The number of ether oxygens (including phenoxy) is 2. The zero-order valence-electron chi connectivity index (χ0n) is 24.3. The molecular weight excluding hydrogens is 540 g/mol. The van der Waals surface area contributed by atoms with Crippen LogP contribution in [0.1, 0.15) is 65.5 Å². The van der Waals surface area contributed by atoms with Gasteiger partial charge in [-0.15, -0.1) is 0 Å². The lowest BCUT2D eigenvalue weighted by Gasteiger charge is -2.26. The number of carbonyl (C=O) groups excluding carboxylic acids is 2. The molecule has 4 aromatic carbocycles. The molecule has 43 heavy (non-hydrogen) atoms. The third-order valence-corrected chi connectivity index (χ3v) is 7.17. The van der Waals surface area contributed by atoms with E-state index in [1.165, 1.54) is 13.8 Å². The smallest absolute Gasteiger partial charge is 0.221 e. The van der Waals surface area contributed by atoms with Crippen molar-refractivity contribution in [2.75, 3.05) is 10.6 Å². The van der Waals surface area contributed by atoms with Crippen LogP contribution in [0.3, 0.4) is 0 Å². The molecule has 0 saturated heterocycles. The maximum atomic E-state index is 11.6. The van der Waals surface area contributed by atoms with Crippen LogP contribution in [-0.2, 0) is 32.3 Å². The number of amides is 2. The second kappa shape index (κ2) is 15.1. The first-order valence-electron chi connectivity index (χ1n) is 14.0. The standard InChI is InChI=1S/C35H36N4O4/c1-24(40)38-32-15-11-30(12-16-32)34(28-7-3-26(4-8-28)20-42-22-36)19-35(29-9-5-27(6-10-29)21-43-23-37)31-13-17-33(18-14-31)39-25(2)41/h3-18,22-23,34-37H,19-21H2,1-2H3,(H,38,40)(H,39,41). The molecule has 0 bridgehead atoms. The molecule has 2 atom stereocenters. The Morgan fingerprint density at radius 2 is 0.884 bits per heavy atom. The van der Waals surface area contributed by atoms with E-state index in [2.05, 4.69) is 59.2 Å². The summed E-state index contributed by atoms with van der Waals surface area (Å²) in [4.78, 5) is 23.2. The van der Waals surface area contributed by atoms with Crippen molar-refractivity contribution in [2.24, 2.45) is 0 Å². The highest BCUT2D eigenvalue weighted by molar-refractivity contribution is 5.89. The van der Waals surface area contributed by atoms with Crippen LogP contribution in [0.25, 0.3) is 0 Å². The van der Waals surface area contributed by atoms with Crippen LogP contribution >= 0.6 is 0 Å². The van der Waals surface area contributed by atoms with Crippen molar-refractivity contribution < 1.29 is 19.1 Å². The lowest BCUT2D eigenvalue weighted by molar-refractivity contribution is -0.115. The highest BCUT2D eigenvalue weighted by atomic mass is 16.5. The second-order valence-electron chi connectivity index (χ2n) is 10.3. The van der Waals surface area contributed by atoms with Gasteiger partial charge in [0.15, 0.2) is 12.8 Å². The summed E-state index contributed by atoms with van der Waals surface area (Å²) in [5.41, 5.74) is 7.88. The highest BCUT2D eigenvalue weighted by Crippen LogP contribution is 2.39. The number of anilines is 2. The summed E-state index contributed by atoms with van der Waals surface area (Å²) in [6, 6.07) is 32.4. The number of hydrogen-bond acceptors (Lipinski definition) is 6. The van der Waals surface area contributed by atoms with Gasteiger partial charge in [-0.25, -0.2) is 0 Å². The first-order chi connectivity index (χ1) is 20.9. The average molecular weight is 577 g/mol. The van der Waals surface area contributed by atoms with Crippen molar-refractivity contribution in [2.45, 2.75) is 45.3 Å². The molecule has 2 unspecified atom stereocenters. The van der Waals surface area contributed by atoms with Crippen molar-refractivity contribution in [1.82, 2.24) is 0 Å². The molecular formula is C35H36N4O4. The SMILES string of the molecule is CC(=O)Nc1ccc(C(CC(c2ccc(COC=N)cc2)c2ccc(NC(C)=O)cc2)c2ccc(COC=N)cc2)cc1. The summed E-state index contributed by atoms with van der Waals surface area (Å²) in [5, 5.41) is 20.0. The molecule has 0 heterocycles. The second-order valence-corrected chi connectivity index (χ2v) is 10.3. The van der Waals surface area contributed by atoms with Crippen LogP contribution in [0.4, 0.5) is 11.4 Å². The van der Waals surface area contributed by atoms with Crippen LogP contribution in [0.5, 0.6) is 0 Å². The Morgan fingerprint density at radius 3 is 1.16 bits per heavy atom. The third kappa shape index (κ3) is 8.87. The predicted octanol–water partition coefficient (Wildman–Crippen LogP) is 7.20. The zero-order chi connectivity index (χ0) is 30.6. The highest BCUT2D eigenvalue weighted by Gasteiger charge is 2.23. The van der Waals surface area contributed by atoms with E-state index >= 15 is 0 Å². The molecule has 4 N–H and O–H groups in total. The average Bonchev–Trinajstić information content (AvgIpc) is 3.01. The molecule has 0 radical (unpaired) electrons. The van der Waals surface area contributed by atoms with Crippen LogP contribution in [-0.4, -0.2) is 24.6 Å². The van der Waals surface area contributed by atoms with Gasteiger partial charge in [0.1, 0.15) is 13.2 Å². The molecule has 0 aliphatic carbocycles. The molecule has 4 rings (SSSR count). The molecule has 8 nitrogen and oxygen atoms in total. The van der Waals surface area contributed by atoms with E-state index in [0.29, 0.717) is 13.2 Å². The van der Waals surface area contributed by atoms with E-state index in [1.807, 2.05) is 48.5 Å². The van der Waals surface area contributed by atoms with Gasteiger partial charge < -0.3 is 20.1 Å². The molecule has 0 spiro atoms. The number of hydrogen-bond donors (Lipinski definition) is 4. The Hall–Kier alpha value is -5.24. The van der Waals surface area contributed by atoms with Crippen LogP contribution in [0, 0.1) is 10.8 Å². The minimum Gasteiger partial charge on any atom is -0.479 e. The molecule has 8 heteroatoms. The van der Waals surface area contributed by atoms with Crippen LogP contribution < -0.4 is 10.6 Å². The molecule has 0 aromatic heterocycles. The molecule has 220 valence electrons. The van der Waals surface area contributed by atoms with Crippen LogP contribution in [0.15, 0.2) is 97.1 Å². The molecule has 0 fully saturated rings. The van der Waals surface area contributed by atoms with Crippen molar-refractivity contribution in [3.05, 3.63) is 130 Å². The van der Waals surface area contributed by atoms with Crippen molar-refractivity contribution in [3.8, 4) is 0 Å². The minimum atomic E-state index is -0.121. The summed E-state index contributed by atoms with van der Waals surface area (Å²) < 4.78 is 10.3. The third-order valence-electron chi connectivity index (χ3n) is 7.17. The zero-order valence-corrected chi connectivity index (χ0v) is 24.3. The summed E-state index contributed by atoms with van der Waals surface area (Å²) in [5.74, 6) is -0.233. The first kappa shape index (κ1) is 30.7. The van der Waals surface area contributed by atoms with Gasteiger partial charge >= 0.3 is 0 Å². The van der Waals surface area contributed by atoms with Crippen molar-refractivity contribution >= 4 is 36.0 Å². The van der Waals surface area contributed by atoms with Gasteiger partial charge in [0.2, 0.25) is 11.8 Å². The topological polar surface area (TPSA) is 124 Å². The minimum absolute atomic E-state index is 0.00466. The van der Waals surface area contributed by atoms with Gasteiger partial charge in [-0.1, -0.05) is 72.8 Å². The van der Waals surface area contributed by atoms with Crippen molar-refractivity contribution in [1.29, 1.82) is 10.8 Å². The van der Waals surface area contributed by atoms with E-state index in [1.54, 1.807) is 0 Å². The van der Waals surface area contributed by atoms with Gasteiger partial charge in [-0.05, 0) is 64.1 Å². The predicted molar refractivity (Wildman–Crippen MR) is 170 cm³/mol. The quantitative estimate of drug-likeness (QED) is 0.0935. The van der Waals surface area contributed by atoms with Gasteiger partial charge in [0, 0.05) is 37.1 Å². The van der Waals surface area contributed by atoms with Gasteiger partial charge in [0.05, 0.1) is 0 Å². The maximum Gasteiger partial charge on any atom is 0.221 e. The van der Waals surface area contributed by atoms with E-state index < -0.39 is 0 Å². The number of benzene rings is 4. The number of nitrogens with one attached hydrogen (secondary N) is 4. The van der Waals surface area contributed by atoms with E-state index in [-0.39, 0.29) is 23.7 Å². The van der Waals surface area contributed by atoms with E-state index in [9.17, 15) is 9.59 Å². The Labute approximate surface area is 252 Å². The fraction of sp³-hybridized carbons (Fsp3) is 0.200. The number of rotatable bonds is 14. The summed E-state index contributed by atoms with van der Waals surface area (Å²) in [7, 11) is 0. The normalized spacial score (nSPS) is 12.0. The largest absolute Gasteiger partial charge is 0.479 e. The first-order valence-corrected chi connectivity index (χ1v) is 14.0. The van der Waals surface area contributed by atoms with Gasteiger partial charge in [-0.3, -0.25) is 20.4 Å². The Kier molecular flexibility index (Phi) is 10.8. The monoisotopic (exact) mass is 576 g/mol. The number of carbonyl (C=O) groups is 2. The summed E-state index contributed by atoms with van der Waals surface area (Å²) in [6.07, 6.45) is 2.63. The lowest BCUT2D eigenvalue weighted by Crippen LogP contribution is -2.11. The molecule has 2 amide bonds.